The molecule has 1 aromatic carbocycles. The van der Waals surface area contributed by atoms with Gasteiger partial charge < -0.3 is 16.0 Å². The van der Waals surface area contributed by atoms with Gasteiger partial charge in [0.2, 0.25) is 5.91 Å². The summed E-state index contributed by atoms with van der Waals surface area (Å²) in [4.78, 5) is 16.5. The molecule has 1 aliphatic rings. The molecule has 1 aliphatic heterocycles. The minimum Gasteiger partial charge on any atom is -0.370 e. The molecule has 0 saturated carbocycles. The molecule has 1 aromatic heterocycles. The first-order valence-corrected chi connectivity index (χ1v) is 8.82. The van der Waals surface area contributed by atoms with Crippen LogP contribution in [0.3, 0.4) is 0 Å². The standard InChI is InChI=1S/C19H20ClN5O/c1-11(14-6-7-16(20)23-10-14)9-22-12(2)17-19(26)24-15-5-3-4-13(8-21)18(15)25-17/h3-7,10-12,17,22,25H,9H2,1-2H3,(H,24,26)/t11-,12+,17-/m0/s1. The molecule has 3 rings (SSSR count). The van der Waals surface area contributed by atoms with Crippen LogP contribution in [0.25, 0.3) is 0 Å². The lowest BCUT2D eigenvalue weighted by Gasteiger charge is -2.32. The first-order chi connectivity index (χ1) is 12.5. The van der Waals surface area contributed by atoms with Gasteiger partial charge in [-0.2, -0.15) is 5.26 Å². The molecule has 0 bridgehead atoms. The Kier molecular flexibility index (Phi) is 5.40. The molecule has 2 aromatic rings. The maximum absolute atomic E-state index is 12.4. The van der Waals surface area contributed by atoms with Crippen LogP contribution in [-0.2, 0) is 4.79 Å². The highest BCUT2D eigenvalue weighted by atomic mass is 35.5. The molecule has 134 valence electrons. The molecule has 0 saturated heterocycles. The SMILES string of the molecule is C[C@@H](CN[C@H](C)[C@@H]1Nc2c(C#N)cccc2NC1=O)c1ccc(Cl)nc1. The van der Waals surface area contributed by atoms with Crippen molar-refractivity contribution in [3.8, 4) is 6.07 Å². The van der Waals surface area contributed by atoms with Crippen molar-refractivity contribution in [2.75, 3.05) is 17.2 Å². The van der Waals surface area contributed by atoms with Crippen LogP contribution in [0.2, 0.25) is 5.15 Å². The van der Waals surface area contributed by atoms with Crippen LogP contribution in [0.5, 0.6) is 0 Å². The minimum atomic E-state index is -0.465. The number of amides is 1. The Morgan fingerprint density at radius 2 is 2.15 bits per heavy atom. The van der Waals surface area contributed by atoms with Crippen molar-refractivity contribution in [2.45, 2.75) is 31.8 Å². The monoisotopic (exact) mass is 369 g/mol. The van der Waals surface area contributed by atoms with Crippen LogP contribution < -0.4 is 16.0 Å². The highest BCUT2D eigenvalue weighted by Crippen LogP contribution is 2.30. The second-order valence-electron chi connectivity index (χ2n) is 6.46. The molecule has 0 fully saturated rings. The molecule has 2 heterocycles. The van der Waals surface area contributed by atoms with Gasteiger partial charge in [-0.25, -0.2) is 4.98 Å². The van der Waals surface area contributed by atoms with Gasteiger partial charge in [-0.1, -0.05) is 30.7 Å². The summed E-state index contributed by atoms with van der Waals surface area (Å²) in [6, 6.07) is 10.6. The molecule has 26 heavy (non-hydrogen) atoms. The van der Waals surface area contributed by atoms with E-state index in [9.17, 15) is 10.1 Å². The molecule has 3 atom stereocenters. The number of rotatable bonds is 5. The van der Waals surface area contributed by atoms with Gasteiger partial charge in [0.05, 0.1) is 16.9 Å². The van der Waals surface area contributed by atoms with E-state index in [4.69, 9.17) is 11.6 Å². The van der Waals surface area contributed by atoms with Gasteiger partial charge >= 0.3 is 0 Å². The number of para-hydroxylation sites is 1. The van der Waals surface area contributed by atoms with Crippen LogP contribution in [0, 0.1) is 11.3 Å². The third-order valence-electron chi connectivity index (χ3n) is 4.59. The molecule has 0 radical (unpaired) electrons. The Hall–Kier alpha value is -2.62. The fourth-order valence-electron chi connectivity index (χ4n) is 2.97. The average molecular weight is 370 g/mol. The van der Waals surface area contributed by atoms with E-state index in [0.717, 1.165) is 5.56 Å². The van der Waals surface area contributed by atoms with E-state index >= 15 is 0 Å². The summed E-state index contributed by atoms with van der Waals surface area (Å²) in [5.41, 5.74) is 2.90. The fourth-order valence-corrected chi connectivity index (χ4v) is 3.08. The van der Waals surface area contributed by atoms with Crippen LogP contribution >= 0.6 is 11.6 Å². The van der Waals surface area contributed by atoms with Crippen molar-refractivity contribution in [1.82, 2.24) is 10.3 Å². The second kappa shape index (κ2) is 7.73. The van der Waals surface area contributed by atoms with Gasteiger partial charge in [0.15, 0.2) is 0 Å². The van der Waals surface area contributed by atoms with Gasteiger partial charge in [0.25, 0.3) is 0 Å². The van der Waals surface area contributed by atoms with E-state index in [-0.39, 0.29) is 17.9 Å². The molecule has 6 nitrogen and oxygen atoms in total. The van der Waals surface area contributed by atoms with Gasteiger partial charge in [0, 0.05) is 18.8 Å². The van der Waals surface area contributed by atoms with Crippen molar-refractivity contribution in [3.63, 3.8) is 0 Å². The Labute approximate surface area is 157 Å². The first-order valence-electron chi connectivity index (χ1n) is 8.45. The molecule has 3 N–H and O–H groups in total. The first kappa shape index (κ1) is 18.2. The van der Waals surface area contributed by atoms with Crippen molar-refractivity contribution < 1.29 is 4.79 Å². The quantitative estimate of drug-likeness (QED) is 0.704. The summed E-state index contributed by atoms with van der Waals surface area (Å²) in [7, 11) is 0. The molecule has 0 spiro atoms. The predicted molar refractivity (Wildman–Crippen MR) is 102 cm³/mol. The van der Waals surface area contributed by atoms with Crippen molar-refractivity contribution in [1.29, 1.82) is 5.26 Å². The maximum Gasteiger partial charge on any atom is 0.248 e. The number of carbonyl (C=O) groups excluding carboxylic acids is 1. The highest BCUT2D eigenvalue weighted by Gasteiger charge is 2.31. The zero-order valence-corrected chi connectivity index (χ0v) is 15.3. The number of aromatic nitrogens is 1. The summed E-state index contributed by atoms with van der Waals surface area (Å²) in [5.74, 6) is 0.101. The third kappa shape index (κ3) is 3.79. The maximum atomic E-state index is 12.4. The van der Waals surface area contributed by atoms with E-state index < -0.39 is 6.04 Å². The number of halogens is 1. The summed E-state index contributed by atoms with van der Waals surface area (Å²) in [5, 5.41) is 19.2. The van der Waals surface area contributed by atoms with Crippen molar-refractivity contribution in [3.05, 3.63) is 52.8 Å². The normalized spacial score (nSPS) is 18.1. The zero-order chi connectivity index (χ0) is 18.7. The van der Waals surface area contributed by atoms with Crippen molar-refractivity contribution >= 4 is 28.9 Å². The van der Waals surface area contributed by atoms with E-state index in [2.05, 4.69) is 33.9 Å². The van der Waals surface area contributed by atoms with E-state index in [0.29, 0.717) is 28.6 Å². The Morgan fingerprint density at radius 1 is 1.35 bits per heavy atom. The number of nitriles is 1. The van der Waals surface area contributed by atoms with E-state index in [1.807, 2.05) is 13.0 Å². The van der Waals surface area contributed by atoms with E-state index in [1.165, 1.54) is 0 Å². The minimum absolute atomic E-state index is 0.117. The lowest BCUT2D eigenvalue weighted by Crippen LogP contribution is -2.52. The van der Waals surface area contributed by atoms with Gasteiger partial charge in [0.1, 0.15) is 17.3 Å². The highest BCUT2D eigenvalue weighted by molar-refractivity contribution is 6.29. The number of pyridine rings is 1. The molecule has 7 heteroatoms. The van der Waals surface area contributed by atoms with Crippen LogP contribution in [-0.4, -0.2) is 29.5 Å². The van der Waals surface area contributed by atoms with Crippen LogP contribution in [0.15, 0.2) is 36.5 Å². The largest absolute Gasteiger partial charge is 0.370 e. The topological polar surface area (TPSA) is 89.8 Å². The van der Waals surface area contributed by atoms with Gasteiger partial charge in [-0.15, -0.1) is 0 Å². The smallest absolute Gasteiger partial charge is 0.248 e. The number of hydrogen-bond donors (Lipinski definition) is 3. The lowest BCUT2D eigenvalue weighted by molar-refractivity contribution is -0.117. The summed E-state index contributed by atoms with van der Waals surface area (Å²) in [6.07, 6.45) is 1.76. The lowest BCUT2D eigenvalue weighted by atomic mass is 10.00. The Balaban J connectivity index is 1.66. The molecular weight excluding hydrogens is 350 g/mol. The average Bonchev–Trinajstić information content (AvgIpc) is 2.65. The number of nitrogens with one attached hydrogen (secondary N) is 3. The van der Waals surface area contributed by atoms with Crippen molar-refractivity contribution in [2.24, 2.45) is 0 Å². The molecule has 0 aliphatic carbocycles. The fraction of sp³-hybridized carbons (Fsp3) is 0.316. The molecule has 1 amide bonds. The zero-order valence-electron chi connectivity index (χ0n) is 14.6. The Morgan fingerprint density at radius 3 is 2.85 bits per heavy atom. The number of hydrogen-bond acceptors (Lipinski definition) is 5. The van der Waals surface area contributed by atoms with Crippen LogP contribution in [0.4, 0.5) is 11.4 Å². The number of fused-ring (bicyclic) bond motifs is 1. The number of benzene rings is 1. The summed E-state index contributed by atoms with van der Waals surface area (Å²) in [6.45, 7) is 4.72. The number of anilines is 2. The van der Waals surface area contributed by atoms with Crippen LogP contribution in [0.1, 0.15) is 30.9 Å². The molecular formula is C19H20ClN5O. The predicted octanol–water partition coefficient (Wildman–Crippen LogP) is 3.12. The van der Waals surface area contributed by atoms with E-state index in [1.54, 1.807) is 30.5 Å². The second-order valence-corrected chi connectivity index (χ2v) is 6.85. The van der Waals surface area contributed by atoms with Gasteiger partial charge in [-0.05, 0) is 36.6 Å². The number of nitrogens with zero attached hydrogens (tertiary/aromatic N) is 2. The Bertz CT molecular complexity index is 846. The number of carbonyl (C=O) groups is 1. The van der Waals surface area contributed by atoms with Gasteiger partial charge in [-0.3, -0.25) is 4.79 Å². The summed E-state index contributed by atoms with van der Waals surface area (Å²) >= 11 is 5.83. The molecule has 0 unspecified atom stereocenters. The third-order valence-corrected chi connectivity index (χ3v) is 4.81. The summed E-state index contributed by atoms with van der Waals surface area (Å²) < 4.78 is 0.